The Hall–Kier alpha value is -1.96. The Bertz CT molecular complexity index is 1970. The van der Waals surface area contributed by atoms with Gasteiger partial charge in [-0.1, -0.05) is 0 Å². The number of rotatable bonds is 9. The molecule has 0 bridgehead atoms. The van der Waals surface area contributed by atoms with Gasteiger partial charge in [0.2, 0.25) is 0 Å². The molecule has 0 aliphatic heterocycles. The summed E-state index contributed by atoms with van der Waals surface area (Å²) in [6.07, 6.45) is 23.8. The molecule has 4 aromatic carbocycles. The zero-order valence-electron chi connectivity index (χ0n) is 35.1. The van der Waals surface area contributed by atoms with Gasteiger partial charge in [-0.2, -0.15) is 0 Å². The molecule has 56 heavy (non-hydrogen) atoms. The first-order chi connectivity index (χ1) is 26.9. The summed E-state index contributed by atoms with van der Waals surface area (Å²) in [6, 6.07) is 28.4. The molecule has 295 valence electrons. The van der Waals surface area contributed by atoms with E-state index < -0.39 is 21.5 Å². The van der Waals surface area contributed by atoms with E-state index in [2.05, 4.69) is 126 Å². The van der Waals surface area contributed by atoms with Crippen molar-refractivity contribution in [1.29, 1.82) is 0 Å². The summed E-state index contributed by atoms with van der Waals surface area (Å²) in [7, 11) is 18.3. The van der Waals surface area contributed by atoms with Gasteiger partial charge in [-0.3, -0.25) is 0 Å². The van der Waals surface area contributed by atoms with E-state index >= 15 is 0 Å². The van der Waals surface area contributed by atoms with Crippen LogP contribution < -0.4 is 0 Å². The quantitative estimate of drug-likeness (QED) is 0.116. The molecule has 2 fully saturated rings. The molecular formula is C52H65Cl2SiZr. The maximum atomic E-state index is 9.14. The SMILES string of the molecule is Cc1cc(C)cc(-c2cccc3c2C=C(CC2CCCCCC2)[CH]3[Zr]([Cl])([Cl])([CH]2C(CC3CCCCCC3)=Cc3c(-c4cc(C)cc(C)c4)cccc32)[SiH](C)C)c1. The Morgan fingerprint density at radius 3 is 1.21 bits per heavy atom. The second-order valence-corrected chi connectivity index (χ2v) is 61.7. The summed E-state index contributed by atoms with van der Waals surface area (Å²) < 4.78 is 0.266. The molecule has 2 unspecified atom stereocenters. The molecule has 0 nitrogen and oxygen atoms in total. The zero-order chi connectivity index (χ0) is 39.2. The third kappa shape index (κ3) is 7.78. The van der Waals surface area contributed by atoms with Crippen LogP contribution in [0.4, 0.5) is 0 Å². The number of aryl methyl sites for hydroxylation is 4. The fourth-order valence-electron chi connectivity index (χ4n) is 12.0. The molecular weight excluding hydrogens is 815 g/mol. The van der Waals surface area contributed by atoms with Gasteiger partial charge in [0, 0.05) is 0 Å². The average molecular weight is 880 g/mol. The summed E-state index contributed by atoms with van der Waals surface area (Å²) in [5.74, 6) is -0.284. The van der Waals surface area contributed by atoms with Gasteiger partial charge in [0.1, 0.15) is 0 Å². The Morgan fingerprint density at radius 1 is 0.518 bits per heavy atom. The number of allylic oxidation sites excluding steroid dienone is 2. The van der Waals surface area contributed by atoms with Crippen molar-refractivity contribution >= 4 is 35.1 Å². The number of benzene rings is 4. The topological polar surface area (TPSA) is 0 Å². The van der Waals surface area contributed by atoms with Crippen LogP contribution in [0.1, 0.15) is 142 Å². The standard InChI is InChI=1S/2C25H29.C2H7Si.2ClH.Zr/c2*1-18-12-19(2)14-23(13-18)24-11-7-10-22-16-21(17-25(22)24)15-20-8-5-3-4-6-9-20;1-3-2;;;/h2*7,10-14,16-17,20H,3-6,8-9,15H2,1-2H3;3H,1-2H3;2*1H;/q;;;;;+2/p-2. The van der Waals surface area contributed by atoms with Gasteiger partial charge in [-0.25, -0.2) is 0 Å². The summed E-state index contributed by atoms with van der Waals surface area (Å²) >= 11 is -5.01. The van der Waals surface area contributed by atoms with Crippen molar-refractivity contribution < 1.29 is 15.6 Å². The van der Waals surface area contributed by atoms with Gasteiger partial charge >= 0.3 is 351 Å². The van der Waals surface area contributed by atoms with Gasteiger partial charge in [-0.15, -0.1) is 0 Å². The zero-order valence-corrected chi connectivity index (χ0v) is 40.2. The number of halogens is 2. The fraction of sp³-hybridized carbons (Fsp3) is 0.462. The van der Waals surface area contributed by atoms with Gasteiger partial charge in [-0.05, 0) is 0 Å². The predicted octanol–water partition coefficient (Wildman–Crippen LogP) is 16.5. The van der Waals surface area contributed by atoms with Gasteiger partial charge in [0.15, 0.2) is 0 Å². The Balaban J connectivity index is 1.34. The molecule has 2 atom stereocenters. The number of fused-ring (bicyclic) bond motifs is 2. The van der Waals surface area contributed by atoms with E-state index in [0.717, 1.165) is 12.8 Å². The molecule has 2 saturated carbocycles. The molecule has 4 heteroatoms. The van der Waals surface area contributed by atoms with E-state index in [9.17, 15) is 0 Å². The van der Waals surface area contributed by atoms with Gasteiger partial charge in [0.05, 0.1) is 0 Å². The Labute approximate surface area is 348 Å². The molecule has 0 N–H and O–H groups in total. The molecule has 0 aromatic heterocycles. The van der Waals surface area contributed by atoms with E-state index in [4.69, 9.17) is 17.0 Å². The van der Waals surface area contributed by atoms with Gasteiger partial charge in [0.25, 0.3) is 0 Å². The fourth-order valence-corrected chi connectivity index (χ4v) is 43.4. The van der Waals surface area contributed by atoms with Crippen molar-refractivity contribution in [3.63, 3.8) is 0 Å². The summed E-state index contributed by atoms with van der Waals surface area (Å²) in [5, 5.41) is 0. The molecule has 4 aliphatic rings. The van der Waals surface area contributed by atoms with E-state index in [1.165, 1.54) is 144 Å². The third-order valence-corrected chi connectivity index (χ3v) is 66.4. The normalized spacial score (nSPS) is 21.5. The summed E-state index contributed by atoms with van der Waals surface area (Å²) in [6.45, 7) is 14.0. The molecule has 0 heterocycles. The summed E-state index contributed by atoms with van der Waals surface area (Å²) in [5.41, 5.74) is 19.5. The Morgan fingerprint density at radius 2 is 0.875 bits per heavy atom. The van der Waals surface area contributed by atoms with Crippen LogP contribution in [0.25, 0.3) is 34.4 Å². The first kappa shape index (κ1) is 40.8. The molecule has 0 radical (unpaired) electrons. The average Bonchev–Trinajstić information content (AvgIpc) is 3.45. The van der Waals surface area contributed by atoms with Crippen molar-refractivity contribution in [2.75, 3.05) is 0 Å². The van der Waals surface area contributed by atoms with E-state index in [1.54, 1.807) is 11.1 Å². The minimum absolute atomic E-state index is 0.133. The molecule has 0 saturated heterocycles. The first-order valence-corrected chi connectivity index (χ1v) is 38.6. The third-order valence-electron chi connectivity index (χ3n) is 14.6. The minimum atomic E-state index is -5.01. The second-order valence-electron chi connectivity index (χ2n) is 19.2. The molecule has 4 aliphatic carbocycles. The summed E-state index contributed by atoms with van der Waals surface area (Å²) in [4.78, 5) is 0. The first-order valence-electron chi connectivity index (χ1n) is 22.3. The van der Waals surface area contributed by atoms with Crippen molar-refractivity contribution in [2.45, 2.75) is 138 Å². The number of hydrogen-bond donors (Lipinski definition) is 0. The van der Waals surface area contributed by atoms with Crippen LogP contribution in [-0.4, -0.2) is 5.92 Å². The molecule has 8 rings (SSSR count). The number of hydrogen-bond acceptors (Lipinski definition) is 0. The second kappa shape index (κ2) is 16.6. The molecule has 0 spiro atoms. The van der Waals surface area contributed by atoms with E-state index in [-0.39, 0.29) is 7.25 Å². The predicted molar refractivity (Wildman–Crippen MR) is 246 cm³/mol. The van der Waals surface area contributed by atoms with Crippen molar-refractivity contribution in [1.82, 2.24) is 0 Å². The van der Waals surface area contributed by atoms with E-state index in [0.29, 0.717) is 11.8 Å². The van der Waals surface area contributed by atoms with Crippen LogP contribution in [0.3, 0.4) is 0 Å². The van der Waals surface area contributed by atoms with Gasteiger partial charge < -0.3 is 0 Å². The molecule has 0 amide bonds. The van der Waals surface area contributed by atoms with Crippen LogP contribution in [0, 0.1) is 39.5 Å². The maximum absolute atomic E-state index is 9.14. The van der Waals surface area contributed by atoms with Crippen LogP contribution in [0.15, 0.2) is 83.9 Å². The van der Waals surface area contributed by atoms with E-state index in [1.807, 2.05) is 0 Å². The van der Waals surface area contributed by atoms with Crippen LogP contribution in [-0.2, 0) is 15.6 Å². The van der Waals surface area contributed by atoms with Crippen molar-refractivity contribution in [3.8, 4) is 22.3 Å². The van der Waals surface area contributed by atoms with Crippen LogP contribution in [0.2, 0.25) is 13.1 Å². The van der Waals surface area contributed by atoms with Crippen molar-refractivity contribution in [2.24, 2.45) is 11.8 Å². The Kier molecular flexibility index (Phi) is 12.1. The molecule has 4 aromatic rings. The van der Waals surface area contributed by atoms with Crippen molar-refractivity contribution in [3.05, 3.63) is 128 Å². The van der Waals surface area contributed by atoms with Crippen LogP contribution in [0.5, 0.6) is 0 Å². The monoisotopic (exact) mass is 877 g/mol. The van der Waals surface area contributed by atoms with Crippen LogP contribution >= 0.6 is 17.0 Å².